The number of nitrogens with one attached hydrogen (secondary N) is 2. The Morgan fingerprint density at radius 3 is 2.64 bits per heavy atom. The lowest BCUT2D eigenvalue weighted by molar-refractivity contribution is -0.147. The van der Waals surface area contributed by atoms with Crippen molar-refractivity contribution in [1.82, 2.24) is 14.8 Å². The van der Waals surface area contributed by atoms with Crippen LogP contribution < -0.4 is 16.2 Å². The van der Waals surface area contributed by atoms with Gasteiger partial charge < -0.3 is 15.2 Å². The van der Waals surface area contributed by atoms with E-state index < -0.39 is 18.0 Å². The van der Waals surface area contributed by atoms with Crippen molar-refractivity contribution in [3.8, 4) is 0 Å². The summed E-state index contributed by atoms with van der Waals surface area (Å²) in [5.41, 5.74) is 0.452. The quantitative estimate of drug-likeness (QED) is 0.749. The van der Waals surface area contributed by atoms with E-state index in [2.05, 4.69) is 10.6 Å². The van der Waals surface area contributed by atoms with Crippen LogP contribution in [0.2, 0.25) is 0 Å². The van der Waals surface area contributed by atoms with Crippen molar-refractivity contribution in [3.05, 3.63) is 28.2 Å². The molecule has 4 amide bonds. The highest BCUT2D eigenvalue weighted by Crippen LogP contribution is 2.12. The molecule has 8 heteroatoms. The van der Waals surface area contributed by atoms with E-state index in [4.69, 9.17) is 0 Å². The van der Waals surface area contributed by atoms with E-state index in [0.29, 0.717) is 5.56 Å². The molecule has 1 atom stereocenters. The Morgan fingerprint density at radius 2 is 1.95 bits per heavy atom. The van der Waals surface area contributed by atoms with Crippen molar-refractivity contribution >= 4 is 23.5 Å². The first kappa shape index (κ1) is 15.7. The van der Waals surface area contributed by atoms with Gasteiger partial charge in [-0.25, -0.2) is 4.79 Å². The van der Waals surface area contributed by atoms with Crippen LogP contribution in [0.5, 0.6) is 0 Å². The molecule has 0 saturated carbocycles. The summed E-state index contributed by atoms with van der Waals surface area (Å²) in [6.07, 6.45) is 2.05. The lowest BCUT2D eigenvalue weighted by atomic mass is 10.1. The first-order chi connectivity index (χ1) is 10.3. The van der Waals surface area contributed by atoms with Crippen LogP contribution in [0.15, 0.2) is 17.1 Å². The predicted octanol–water partition coefficient (Wildman–Crippen LogP) is -0.0374. The van der Waals surface area contributed by atoms with E-state index in [0.717, 1.165) is 4.90 Å². The number of imide groups is 1. The summed E-state index contributed by atoms with van der Waals surface area (Å²) < 4.78 is 1.35. The monoisotopic (exact) mass is 306 g/mol. The lowest BCUT2D eigenvalue weighted by Gasteiger charge is -2.28. The zero-order valence-corrected chi connectivity index (χ0v) is 12.7. The Kier molecular flexibility index (Phi) is 4.30. The number of nitrogens with zero attached hydrogens (tertiary/aromatic N) is 2. The standard InChI is InChI=1S/C14H18N4O4/c1-8-6-7-17(2)13(21)11(8)16-14(22)15-9-4-5-10(19)18(3)12(9)20/h6-7,9H,4-5H2,1-3H3,(H2,15,16,22). The molecule has 0 aliphatic carbocycles. The van der Waals surface area contributed by atoms with Crippen molar-refractivity contribution in [1.29, 1.82) is 0 Å². The minimum Gasteiger partial charge on any atom is -0.326 e. The van der Waals surface area contributed by atoms with Crippen LogP contribution in [-0.2, 0) is 16.6 Å². The number of pyridine rings is 1. The molecule has 0 bridgehead atoms. The molecule has 118 valence electrons. The summed E-state index contributed by atoms with van der Waals surface area (Å²) in [7, 11) is 2.96. The van der Waals surface area contributed by atoms with E-state index in [1.165, 1.54) is 11.6 Å². The molecule has 8 nitrogen and oxygen atoms in total. The molecular formula is C14H18N4O4. The first-order valence-corrected chi connectivity index (χ1v) is 6.85. The minimum atomic E-state index is -0.768. The van der Waals surface area contributed by atoms with E-state index in [-0.39, 0.29) is 30.0 Å². The molecule has 2 rings (SSSR count). The van der Waals surface area contributed by atoms with Crippen molar-refractivity contribution in [2.45, 2.75) is 25.8 Å². The molecule has 1 aliphatic heterocycles. The highest BCUT2D eigenvalue weighted by molar-refractivity contribution is 6.02. The van der Waals surface area contributed by atoms with E-state index in [9.17, 15) is 19.2 Å². The summed E-state index contributed by atoms with van der Waals surface area (Å²) in [6.45, 7) is 1.70. The van der Waals surface area contributed by atoms with Gasteiger partial charge in [-0.1, -0.05) is 0 Å². The topological polar surface area (TPSA) is 101 Å². The third-order valence-corrected chi connectivity index (χ3v) is 3.67. The van der Waals surface area contributed by atoms with Crippen LogP contribution >= 0.6 is 0 Å². The van der Waals surface area contributed by atoms with Crippen molar-refractivity contribution in [2.24, 2.45) is 7.05 Å². The number of piperidine rings is 1. The molecule has 0 spiro atoms. The number of aryl methyl sites for hydroxylation is 2. The first-order valence-electron chi connectivity index (χ1n) is 6.85. The maximum atomic E-state index is 12.0. The van der Waals surface area contributed by atoms with Crippen LogP contribution in [0.25, 0.3) is 0 Å². The molecule has 1 aromatic rings. The Hall–Kier alpha value is -2.64. The number of amides is 4. The van der Waals surface area contributed by atoms with E-state index in [1.807, 2.05) is 0 Å². The smallest absolute Gasteiger partial charge is 0.320 e. The van der Waals surface area contributed by atoms with Gasteiger partial charge in [0.25, 0.3) is 11.5 Å². The highest BCUT2D eigenvalue weighted by Gasteiger charge is 2.32. The second-order valence-corrected chi connectivity index (χ2v) is 5.27. The Labute approximate surface area is 127 Å². The number of carbonyl (C=O) groups is 3. The van der Waals surface area contributed by atoms with Crippen molar-refractivity contribution < 1.29 is 14.4 Å². The number of hydrogen-bond donors (Lipinski definition) is 2. The van der Waals surface area contributed by atoms with Gasteiger partial charge in [-0.2, -0.15) is 0 Å². The van der Waals surface area contributed by atoms with E-state index in [1.54, 1.807) is 26.2 Å². The molecule has 2 heterocycles. The Bertz CT molecular complexity index is 695. The maximum Gasteiger partial charge on any atom is 0.320 e. The third kappa shape index (κ3) is 3.00. The lowest BCUT2D eigenvalue weighted by Crippen LogP contribution is -2.53. The molecule has 22 heavy (non-hydrogen) atoms. The molecule has 1 saturated heterocycles. The van der Waals surface area contributed by atoms with Gasteiger partial charge in [0.2, 0.25) is 5.91 Å². The van der Waals surface area contributed by atoms with Gasteiger partial charge in [0.05, 0.1) is 0 Å². The second kappa shape index (κ2) is 6.00. The van der Waals surface area contributed by atoms with E-state index >= 15 is 0 Å². The van der Waals surface area contributed by atoms with Gasteiger partial charge in [-0.15, -0.1) is 0 Å². The molecule has 1 unspecified atom stereocenters. The molecular weight excluding hydrogens is 288 g/mol. The summed E-state index contributed by atoms with van der Waals surface area (Å²) in [4.78, 5) is 48.3. The van der Waals surface area contributed by atoms with Crippen LogP contribution in [-0.4, -0.2) is 40.4 Å². The normalized spacial score (nSPS) is 18.3. The fourth-order valence-electron chi connectivity index (χ4n) is 2.23. The molecule has 1 aromatic heterocycles. The van der Waals surface area contributed by atoms with Crippen LogP contribution in [0.3, 0.4) is 0 Å². The Morgan fingerprint density at radius 1 is 1.27 bits per heavy atom. The fourth-order valence-corrected chi connectivity index (χ4v) is 2.23. The van der Waals surface area contributed by atoms with Gasteiger partial charge >= 0.3 is 6.03 Å². The van der Waals surface area contributed by atoms with Crippen molar-refractivity contribution in [2.75, 3.05) is 12.4 Å². The largest absolute Gasteiger partial charge is 0.326 e. The fraction of sp³-hybridized carbons (Fsp3) is 0.429. The van der Waals surface area contributed by atoms with Crippen LogP contribution in [0, 0.1) is 6.92 Å². The number of rotatable bonds is 2. The summed E-state index contributed by atoms with van der Waals surface area (Å²) in [5, 5.41) is 4.97. The number of likely N-dealkylation sites (N-methyl/N-ethyl adjacent to an activating group) is 1. The molecule has 0 radical (unpaired) electrons. The van der Waals surface area contributed by atoms with Crippen LogP contribution in [0.4, 0.5) is 10.5 Å². The summed E-state index contributed by atoms with van der Waals surface area (Å²) in [5.74, 6) is -0.722. The number of aromatic nitrogens is 1. The van der Waals surface area contributed by atoms with Crippen molar-refractivity contribution in [3.63, 3.8) is 0 Å². The van der Waals surface area contributed by atoms with Gasteiger partial charge in [0.1, 0.15) is 11.7 Å². The summed E-state index contributed by atoms with van der Waals surface area (Å²) in [6, 6.07) is 0.290. The number of anilines is 1. The molecule has 0 aromatic carbocycles. The second-order valence-electron chi connectivity index (χ2n) is 5.27. The Balaban J connectivity index is 2.08. The number of likely N-dealkylation sites (tertiary alicyclic amines) is 1. The van der Waals surface area contributed by atoms with Gasteiger partial charge in [-0.3, -0.25) is 19.3 Å². The maximum absolute atomic E-state index is 12.0. The zero-order chi connectivity index (χ0) is 16.4. The van der Waals surface area contributed by atoms with Crippen LogP contribution in [0.1, 0.15) is 18.4 Å². The third-order valence-electron chi connectivity index (χ3n) is 3.67. The summed E-state index contributed by atoms with van der Waals surface area (Å²) >= 11 is 0. The molecule has 1 fully saturated rings. The SMILES string of the molecule is Cc1ccn(C)c(=O)c1NC(=O)NC1CCC(=O)N(C)C1=O. The highest BCUT2D eigenvalue weighted by atomic mass is 16.2. The number of urea groups is 1. The molecule has 1 aliphatic rings. The average molecular weight is 306 g/mol. The zero-order valence-electron chi connectivity index (χ0n) is 12.7. The number of carbonyl (C=O) groups excluding carboxylic acids is 3. The molecule has 2 N–H and O–H groups in total. The van der Waals surface area contributed by atoms with Gasteiger partial charge in [-0.05, 0) is 25.0 Å². The van der Waals surface area contributed by atoms with Gasteiger partial charge in [0, 0.05) is 26.7 Å². The predicted molar refractivity (Wildman–Crippen MR) is 79.4 cm³/mol. The number of hydrogen-bond acceptors (Lipinski definition) is 4. The van der Waals surface area contributed by atoms with Gasteiger partial charge in [0.15, 0.2) is 0 Å². The average Bonchev–Trinajstić information content (AvgIpc) is 2.48. The minimum absolute atomic E-state index is 0.162.